The minimum atomic E-state index is 0.812. The topological polar surface area (TPSA) is 29.3 Å². The number of aryl methyl sites for hydroxylation is 1. The number of hydrogen-bond donors (Lipinski definition) is 1. The van der Waals surface area contributed by atoms with Crippen LogP contribution in [0.4, 0.5) is 5.69 Å². The first kappa shape index (κ1) is 14.9. The predicted molar refractivity (Wildman–Crippen MR) is 86.8 cm³/mol. The summed E-state index contributed by atoms with van der Waals surface area (Å²) in [6, 6.07) is 14.3. The number of nitrogens with two attached hydrogens (primary N) is 1. The van der Waals surface area contributed by atoms with Crippen molar-refractivity contribution in [3.63, 3.8) is 0 Å². The molecule has 0 aliphatic rings. The van der Waals surface area contributed by atoms with E-state index in [1.54, 1.807) is 0 Å². The minimum Gasteiger partial charge on any atom is -0.399 e. The van der Waals surface area contributed by atoms with Crippen molar-refractivity contribution in [3.05, 3.63) is 64.2 Å². The first-order valence-corrected chi connectivity index (χ1v) is 7.28. The van der Waals surface area contributed by atoms with Crippen LogP contribution in [0.2, 0.25) is 5.02 Å². The molecule has 2 aromatic rings. The Labute approximate surface area is 126 Å². The van der Waals surface area contributed by atoms with Crippen molar-refractivity contribution < 1.29 is 0 Å². The molecule has 0 aliphatic heterocycles. The number of rotatable bonds is 5. The largest absolute Gasteiger partial charge is 0.399 e. The maximum absolute atomic E-state index is 6.31. The summed E-state index contributed by atoms with van der Waals surface area (Å²) in [5.41, 5.74) is 10.2. The zero-order chi connectivity index (χ0) is 14.5. The van der Waals surface area contributed by atoms with Gasteiger partial charge in [-0.05, 0) is 48.4 Å². The molecule has 2 N–H and O–H groups in total. The summed E-state index contributed by atoms with van der Waals surface area (Å²) >= 11 is 6.31. The Morgan fingerprint density at radius 3 is 2.55 bits per heavy atom. The monoisotopic (exact) mass is 288 g/mol. The molecule has 0 saturated carbocycles. The molecule has 106 valence electrons. The standard InChI is InChI=1S/C17H21ClN2/c1-3-20(11-14-5-4-6-16(19)10-14)12-15-8-7-13(2)9-17(15)18/h4-10H,3,11-12,19H2,1-2H3. The van der Waals surface area contributed by atoms with Gasteiger partial charge >= 0.3 is 0 Å². The Morgan fingerprint density at radius 1 is 1.10 bits per heavy atom. The van der Waals surface area contributed by atoms with Gasteiger partial charge in [0.1, 0.15) is 0 Å². The van der Waals surface area contributed by atoms with Crippen LogP contribution in [-0.2, 0) is 13.1 Å². The maximum Gasteiger partial charge on any atom is 0.0453 e. The van der Waals surface area contributed by atoms with Crippen molar-refractivity contribution in [2.24, 2.45) is 0 Å². The third kappa shape index (κ3) is 3.99. The summed E-state index contributed by atoms with van der Waals surface area (Å²) in [5.74, 6) is 0. The molecule has 2 rings (SSSR count). The Hall–Kier alpha value is -1.51. The van der Waals surface area contributed by atoms with Crippen molar-refractivity contribution in [3.8, 4) is 0 Å². The van der Waals surface area contributed by atoms with Gasteiger partial charge in [0.2, 0.25) is 0 Å². The van der Waals surface area contributed by atoms with E-state index >= 15 is 0 Å². The van der Waals surface area contributed by atoms with Gasteiger partial charge in [0.25, 0.3) is 0 Å². The van der Waals surface area contributed by atoms with E-state index in [0.717, 1.165) is 30.3 Å². The van der Waals surface area contributed by atoms with Crippen LogP contribution in [0.1, 0.15) is 23.6 Å². The van der Waals surface area contributed by atoms with E-state index in [9.17, 15) is 0 Å². The van der Waals surface area contributed by atoms with Crippen LogP contribution >= 0.6 is 11.6 Å². The normalized spacial score (nSPS) is 11.0. The van der Waals surface area contributed by atoms with Gasteiger partial charge in [0.15, 0.2) is 0 Å². The van der Waals surface area contributed by atoms with Crippen LogP contribution in [0.15, 0.2) is 42.5 Å². The van der Waals surface area contributed by atoms with Gasteiger partial charge in [-0.1, -0.05) is 42.8 Å². The van der Waals surface area contributed by atoms with Crippen molar-refractivity contribution in [2.45, 2.75) is 26.9 Å². The van der Waals surface area contributed by atoms with E-state index in [0.29, 0.717) is 0 Å². The maximum atomic E-state index is 6.31. The highest BCUT2D eigenvalue weighted by molar-refractivity contribution is 6.31. The fraction of sp³-hybridized carbons (Fsp3) is 0.294. The van der Waals surface area contributed by atoms with Crippen LogP contribution in [-0.4, -0.2) is 11.4 Å². The lowest BCUT2D eigenvalue weighted by Crippen LogP contribution is -2.22. The summed E-state index contributed by atoms with van der Waals surface area (Å²) in [5, 5.41) is 0.844. The SMILES string of the molecule is CCN(Cc1cccc(N)c1)Cc1ccc(C)cc1Cl. The summed E-state index contributed by atoms with van der Waals surface area (Å²) in [7, 11) is 0. The summed E-state index contributed by atoms with van der Waals surface area (Å²) in [4.78, 5) is 2.35. The lowest BCUT2D eigenvalue weighted by molar-refractivity contribution is 0.271. The van der Waals surface area contributed by atoms with Crippen LogP contribution < -0.4 is 5.73 Å². The molecule has 0 heterocycles. The van der Waals surface area contributed by atoms with Crippen LogP contribution in [0, 0.1) is 6.92 Å². The number of nitrogens with zero attached hydrogens (tertiary/aromatic N) is 1. The molecular formula is C17H21ClN2. The van der Waals surface area contributed by atoms with E-state index in [1.807, 2.05) is 24.3 Å². The highest BCUT2D eigenvalue weighted by Gasteiger charge is 2.08. The van der Waals surface area contributed by atoms with E-state index in [4.69, 9.17) is 17.3 Å². The lowest BCUT2D eigenvalue weighted by Gasteiger charge is -2.21. The molecule has 0 unspecified atom stereocenters. The molecular weight excluding hydrogens is 268 g/mol. The molecule has 0 aliphatic carbocycles. The summed E-state index contributed by atoms with van der Waals surface area (Å²) in [6.07, 6.45) is 0. The molecule has 0 aromatic heterocycles. The second kappa shape index (κ2) is 6.78. The van der Waals surface area contributed by atoms with E-state index in [1.165, 1.54) is 16.7 Å². The highest BCUT2D eigenvalue weighted by Crippen LogP contribution is 2.20. The number of anilines is 1. The Morgan fingerprint density at radius 2 is 1.90 bits per heavy atom. The molecule has 0 spiro atoms. The molecule has 2 nitrogen and oxygen atoms in total. The molecule has 0 atom stereocenters. The molecule has 0 fully saturated rings. The molecule has 2 aromatic carbocycles. The van der Waals surface area contributed by atoms with Gasteiger partial charge in [-0.3, -0.25) is 4.90 Å². The van der Waals surface area contributed by atoms with Crippen molar-refractivity contribution in [1.29, 1.82) is 0 Å². The Kier molecular flexibility index (Phi) is 5.05. The minimum absolute atomic E-state index is 0.812. The first-order chi connectivity index (χ1) is 9.58. The van der Waals surface area contributed by atoms with Crippen molar-refractivity contribution >= 4 is 17.3 Å². The Bertz CT molecular complexity index is 581. The lowest BCUT2D eigenvalue weighted by atomic mass is 10.1. The van der Waals surface area contributed by atoms with E-state index < -0.39 is 0 Å². The quantitative estimate of drug-likeness (QED) is 0.833. The van der Waals surface area contributed by atoms with Gasteiger partial charge in [0, 0.05) is 23.8 Å². The molecule has 0 amide bonds. The molecule has 0 bridgehead atoms. The van der Waals surface area contributed by atoms with E-state index in [-0.39, 0.29) is 0 Å². The average molecular weight is 289 g/mol. The van der Waals surface area contributed by atoms with Gasteiger partial charge in [-0.2, -0.15) is 0 Å². The number of halogens is 1. The average Bonchev–Trinajstić information content (AvgIpc) is 2.41. The molecule has 3 heteroatoms. The molecule has 0 saturated heterocycles. The third-order valence-corrected chi connectivity index (χ3v) is 3.76. The van der Waals surface area contributed by atoms with E-state index in [2.05, 4.69) is 36.9 Å². The van der Waals surface area contributed by atoms with Crippen LogP contribution in [0.3, 0.4) is 0 Å². The number of benzene rings is 2. The van der Waals surface area contributed by atoms with Gasteiger partial charge in [-0.25, -0.2) is 0 Å². The van der Waals surface area contributed by atoms with Gasteiger partial charge in [0.05, 0.1) is 0 Å². The second-order valence-electron chi connectivity index (χ2n) is 5.14. The first-order valence-electron chi connectivity index (χ1n) is 6.90. The highest BCUT2D eigenvalue weighted by atomic mass is 35.5. The second-order valence-corrected chi connectivity index (χ2v) is 5.55. The predicted octanol–water partition coefficient (Wildman–Crippen LogP) is 4.25. The number of nitrogen functional groups attached to an aromatic ring is 1. The zero-order valence-electron chi connectivity index (χ0n) is 12.1. The van der Waals surface area contributed by atoms with Gasteiger partial charge < -0.3 is 5.73 Å². The molecule has 20 heavy (non-hydrogen) atoms. The van der Waals surface area contributed by atoms with Crippen LogP contribution in [0.25, 0.3) is 0 Å². The third-order valence-electron chi connectivity index (χ3n) is 3.41. The van der Waals surface area contributed by atoms with Crippen LogP contribution in [0.5, 0.6) is 0 Å². The van der Waals surface area contributed by atoms with Crippen molar-refractivity contribution in [2.75, 3.05) is 12.3 Å². The molecule has 0 radical (unpaired) electrons. The van der Waals surface area contributed by atoms with Crippen molar-refractivity contribution in [1.82, 2.24) is 4.90 Å². The smallest absolute Gasteiger partial charge is 0.0453 e. The summed E-state index contributed by atoms with van der Waals surface area (Å²) < 4.78 is 0. The zero-order valence-corrected chi connectivity index (χ0v) is 12.8. The Balaban J connectivity index is 2.09. The number of hydrogen-bond acceptors (Lipinski definition) is 2. The van der Waals surface area contributed by atoms with Gasteiger partial charge in [-0.15, -0.1) is 0 Å². The fourth-order valence-corrected chi connectivity index (χ4v) is 2.55. The summed E-state index contributed by atoms with van der Waals surface area (Å²) in [6.45, 7) is 6.92. The fourth-order valence-electron chi connectivity index (χ4n) is 2.25.